The molecule has 2 amide bonds. The zero-order chi connectivity index (χ0) is 15.6. The molecule has 0 N–H and O–H groups in total. The van der Waals surface area contributed by atoms with E-state index in [1.165, 1.54) is 16.0 Å². The van der Waals surface area contributed by atoms with Crippen molar-refractivity contribution in [3.05, 3.63) is 52.6 Å². The van der Waals surface area contributed by atoms with Crippen LogP contribution in [0.4, 0.5) is 5.69 Å². The maximum Gasteiger partial charge on any atom is 0.238 e. The second-order valence-electron chi connectivity index (χ2n) is 6.41. The summed E-state index contributed by atoms with van der Waals surface area (Å²) >= 11 is 6.19. The van der Waals surface area contributed by atoms with Gasteiger partial charge in [0.1, 0.15) is 0 Å². The maximum absolute atomic E-state index is 12.9. The highest BCUT2D eigenvalue weighted by Gasteiger charge is 2.62. The number of carbonyl (C=O) groups is 2. The number of amides is 2. The lowest BCUT2D eigenvalue weighted by molar-refractivity contribution is -0.122. The van der Waals surface area contributed by atoms with Crippen LogP contribution in [-0.4, -0.2) is 11.8 Å². The minimum Gasteiger partial charge on any atom is -0.274 e. The first kappa shape index (κ1) is 13.8. The lowest BCUT2D eigenvalue weighted by atomic mass is 9.85. The van der Waals surface area contributed by atoms with Gasteiger partial charge in [0.2, 0.25) is 11.8 Å². The third kappa shape index (κ3) is 1.57. The van der Waals surface area contributed by atoms with E-state index >= 15 is 0 Å². The van der Waals surface area contributed by atoms with Crippen molar-refractivity contribution in [1.29, 1.82) is 0 Å². The van der Waals surface area contributed by atoms with E-state index in [9.17, 15) is 9.59 Å². The Morgan fingerprint density at radius 2 is 1.55 bits per heavy atom. The average molecular weight is 314 g/mol. The van der Waals surface area contributed by atoms with Crippen LogP contribution in [-0.2, 0) is 9.59 Å². The first-order valence-corrected chi connectivity index (χ1v) is 7.88. The van der Waals surface area contributed by atoms with Crippen molar-refractivity contribution in [1.82, 2.24) is 0 Å². The zero-order valence-electron chi connectivity index (χ0n) is 12.4. The molecule has 2 aliphatic carbocycles. The Morgan fingerprint density at radius 1 is 1.00 bits per heavy atom. The van der Waals surface area contributed by atoms with Gasteiger partial charge in [0.15, 0.2) is 0 Å². The molecule has 1 heterocycles. The third-order valence-corrected chi connectivity index (χ3v) is 5.41. The van der Waals surface area contributed by atoms with E-state index in [1.54, 1.807) is 24.3 Å². The molecule has 1 saturated heterocycles. The topological polar surface area (TPSA) is 37.4 Å². The van der Waals surface area contributed by atoms with Gasteiger partial charge in [-0.2, -0.15) is 0 Å². The second kappa shape index (κ2) is 4.56. The first-order valence-electron chi connectivity index (χ1n) is 7.50. The number of nitrogens with zero attached hydrogens (tertiary/aromatic N) is 1. The highest BCUT2D eigenvalue weighted by atomic mass is 35.5. The van der Waals surface area contributed by atoms with Gasteiger partial charge in [-0.25, -0.2) is 4.90 Å². The molecule has 0 aromatic heterocycles. The lowest BCUT2D eigenvalue weighted by Crippen LogP contribution is -2.33. The van der Waals surface area contributed by atoms with Crippen molar-refractivity contribution in [2.45, 2.75) is 13.8 Å². The number of allylic oxidation sites excluding steroid dienone is 4. The Balaban J connectivity index is 1.80. The van der Waals surface area contributed by atoms with Gasteiger partial charge in [-0.1, -0.05) is 47.0 Å². The fourth-order valence-corrected chi connectivity index (χ4v) is 4.52. The molecule has 22 heavy (non-hydrogen) atoms. The molecule has 1 saturated carbocycles. The molecule has 4 rings (SSSR count). The largest absolute Gasteiger partial charge is 0.274 e. The number of anilines is 1. The lowest BCUT2D eigenvalue weighted by Gasteiger charge is -2.20. The SMILES string of the molecule is CC(C)=C1[C@H]2C=C[C@H]1[C@H]1C(=O)N(c3ccccc3Cl)C(=O)[C@@H]12. The molecular weight excluding hydrogens is 298 g/mol. The smallest absolute Gasteiger partial charge is 0.238 e. The van der Waals surface area contributed by atoms with Crippen LogP contribution in [0.2, 0.25) is 5.02 Å². The van der Waals surface area contributed by atoms with Crippen LogP contribution in [0.1, 0.15) is 13.8 Å². The van der Waals surface area contributed by atoms with Crippen LogP contribution < -0.4 is 4.90 Å². The predicted octanol–water partition coefficient (Wildman–Crippen LogP) is 3.60. The summed E-state index contributed by atoms with van der Waals surface area (Å²) in [6, 6.07) is 7.03. The fourth-order valence-electron chi connectivity index (χ4n) is 4.30. The number of carbonyl (C=O) groups excluding carboxylic acids is 2. The standard InChI is InChI=1S/C18H16ClNO2/c1-9(2)14-10-7-8-11(14)16-15(10)17(21)20(18(16)22)13-6-4-3-5-12(13)19/h3-8,10-11,15-16H,1-2H3/t10-,11-,15-,16-/m1/s1. The van der Waals surface area contributed by atoms with Gasteiger partial charge < -0.3 is 0 Å². The summed E-state index contributed by atoms with van der Waals surface area (Å²) in [6.45, 7) is 4.12. The van der Waals surface area contributed by atoms with Crippen molar-refractivity contribution in [2.24, 2.45) is 23.7 Å². The van der Waals surface area contributed by atoms with Crippen LogP contribution in [0.5, 0.6) is 0 Å². The van der Waals surface area contributed by atoms with Crippen molar-refractivity contribution in [2.75, 3.05) is 4.90 Å². The van der Waals surface area contributed by atoms with Gasteiger partial charge in [-0.15, -0.1) is 0 Å². The van der Waals surface area contributed by atoms with E-state index in [4.69, 9.17) is 11.6 Å². The van der Waals surface area contributed by atoms with Gasteiger partial charge >= 0.3 is 0 Å². The van der Waals surface area contributed by atoms with E-state index in [1.807, 2.05) is 0 Å². The van der Waals surface area contributed by atoms with Crippen molar-refractivity contribution < 1.29 is 9.59 Å². The number of hydrogen-bond donors (Lipinski definition) is 0. The molecule has 1 aromatic carbocycles. The van der Waals surface area contributed by atoms with Gasteiger partial charge in [-0.3, -0.25) is 9.59 Å². The summed E-state index contributed by atoms with van der Waals surface area (Å²) in [7, 11) is 0. The molecule has 4 heteroatoms. The predicted molar refractivity (Wildman–Crippen MR) is 85.4 cm³/mol. The number of benzene rings is 1. The summed E-state index contributed by atoms with van der Waals surface area (Å²) in [5.74, 6) is -0.599. The molecule has 4 atom stereocenters. The van der Waals surface area contributed by atoms with Crippen LogP contribution >= 0.6 is 11.6 Å². The average Bonchev–Trinajstić information content (AvgIpc) is 3.11. The van der Waals surface area contributed by atoms with E-state index in [2.05, 4.69) is 26.0 Å². The molecule has 3 aliphatic rings. The first-order chi connectivity index (χ1) is 10.5. The Bertz CT molecular complexity index is 726. The van der Waals surface area contributed by atoms with Crippen LogP contribution in [0.25, 0.3) is 0 Å². The van der Waals surface area contributed by atoms with E-state index in [0.29, 0.717) is 10.7 Å². The molecule has 1 aromatic rings. The number of hydrogen-bond acceptors (Lipinski definition) is 2. The Morgan fingerprint density at radius 3 is 2.05 bits per heavy atom. The van der Waals surface area contributed by atoms with Gasteiger partial charge in [0, 0.05) is 11.8 Å². The van der Waals surface area contributed by atoms with E-state index in [0.717, 1.165) is 0 Å². The molecule has 0 radical (unpaired) electrons. The molecule has 0 spiro atoms. The highest BCUT2D eigenvalue weighted by molar-refractivity contribution is 6.36. The minimum absolute atomic E-state index is 0.0731. The normalized spacial score (nSPS) is 32.1. The number of para-hydroxylation sites is 1. The molecular formula is C18H16ClNO2. The van der Waals surface area contributed by atoms with Crippen LogP contribution in [0, 0.1) is 23.7 Å². The third-order valence-electron chi connectivity index (χ3n) is 5.09. The van der Waals surface area contributed by atoms with Crippen molar-refractivity contribution >= 4 is 29.1 Å². The molecule has 3 nitrogen and oxygen atoms in total. The second-order valence-corrected chi connectivity index (χ2v) is 6.81. The Hall–Kier alpha value is -1.87. The van der Waals surface area contributed by atoms with Gasteiger partial charge in [0.05, 0.1) is 22.5 Å². The summed E-state index contributed by atoms with van der Waals surface area (Å²) < 4.78 is 0. The maximum atomic E-state index is 12.9. The summed E-state index contributed by atoms with van der Waals surface area (Å²) in [5, 5.41) is 0.437. The Labute approximate surface area is 134 Å². The summed E-state index contributed by atoms with van der Waals surface area (Å²) in [5.41, 5.74) is 2.99. The minimum atomic E-state index is -0.260. The summed E-state index contributed by atoms with van der Waals surface area (Å²) in [6.07, 6.45) is 4.19. The molecule has 2 bridgehead atoms. The fraction of sp³-hybridized carbons (Fsp3) is 0.333. The van der Waals surface area contributed by atoms with Crippen molar-refractivity contribution in [3.8, 4) is 0 Å². The summed E-state index contributed by atoms with van der Waals surface area (Å²) in [4.78, 5) is 27.1. The van der Waals surface area contributed by atoms with E-state index in [-0.39, 0.29) is 35.5 Å². The van der Waals surface area contributed by atoms with Crippen molar-refractivity contribution in [3.63, 3.8) is 0 Å². The van der Waals surface area contributed by atoms with Gasteiger partial charge in [-0.05, 0) is 26.0 Å². The monoisotopic (exact) mass is 313 g/mol. The highest BCUT2D eigenvalue weighted by Crippen LogP contribution is 2.57. The molecule has 0 unspecified atom stereocenters. The number of halogens is 1. The molecule has 1 aliphatic heterocycles. The number of imide groups is 1. The van der Waals surface area contributed by atoms with Gasteiger partial charge in [0.25, 0.3) is 0 Å². The number of fused-ring (bicyclic) bond motifs is 5. The van der Waals surface area contributed by atoms with E-state index < -0.39 is 0 Å². The quantitative estimate of drug-likeness (QED) is 0.587. The molecule has 2 fully saturated rings. The molecule has 112 valence electrons. The van der Waals surface area contributed by atoms with Crippen LogP contribution in [0.3, 0.4) is 0 Å². The van der Waals surface area contributed by atoms with Crippen LogP contribution in [0.15, 0.2) is 47.6 Å². The zero-order valence-corrected chi connectivity index (χ0v) is 13.2. The Kier molecular flexibility index (Phi) is 2.85. The number of rotatable bonds is 1.